The number of hydrogen-bond acceptors (Lipinski definition) is 4. The van der Waals surface area contributed by atoms with Crippen LogP contribution in [0.15, 0.2) is 53.1 Å². The number of carbonyl (C=O) groups excluding carboxylic acids is 1. The average Bonchev–Trinajstić information content (AvgIpc) is 3.08. The molecule has 5 nitrogen and oxygen atoms in total. The quantitative estimate of drug-likeness (QED) is 0.747. The SMILES string of the molecule is Cc1ccccc1CNC(=O)CCc1nc(-c2cccc(F)c2)no1. The summed E-state index contributed by atoms with van der Waals surface area (Å²) in [6, 6.07) is 13.9. The summed E-state index contributed by atoms with van der Waals surface area (Å²) < 4.78 is 18.4. The minimum absolute atomic E-state index is 0.0891. The molecule has 0 spiro atoms. The number of benzene rings is 2. The van der Waals surface area contributed by atoms with Gasteiger partial charge in [0.15, 0.2) is 0 Å². The number of rotatable bonds is 6. The van der Waals surface area contributed by atoms with Gasteiger partial charge in [0.05, 0.1) is 0 Å². The Morgan fingerprint density at radius 3 is 2.84 bits per heavy atom. The third kappa shape index (κ3) is 4.50. The van der Waals surface area contributed by atoms with E-state index in [4.69, 9.17) is 4.52 Å². The van der Waals surface area contributed by atoms with Gasteiger partial charge in [-0.25, -0.2) is 4.39 Å². The maximum absolute atomic E-state index is 13.2. The molecular formula is C19H18FN3O2. The number of hydrogen-bond donors (Lipinski definition) is 1. The van der Waals surface area contributed by atoms with Gasteiger partial charge in [0.25, 0.3) is 0 Å². The Hall–Kier alpha value is -3.02. The van der Waals surface area contributed by atoms with Crippen LogP contribution in [0.4, 0.5) is 4.39 Å². The van der Waals surface area contributed by atoms with Gasteiger partial charge >= 0.3 is 0 Å². The summed E-state index contributed by atoms with van der Waals surface area (Å²) in [5.41, 5.74) is 2.76. The zero-order valence-electron chi connectivity index (χ0n) is 13.8. The summed E-state index contributed by atoms with van der Waals surface area (Å²) in [5, 5.41) is 6.70. The molecule has 2 aromatic carbocycles. The van der Waals surface area contributed by atoms with E-state index in [1.54, 1.807) is 12.1 Å². The molecule has 3 aromatic rings. The van der Waals surface area contributed by atoms with Crippen LogP contribution in [0.3, 0.4) is 0 Å². The largest absolute Gasteiger partial charge is 0.352 e. The van der Waals surface area contributed by atoms with Crippen LogP contribution < -0.4 is 5.32 Å². The first-order valence-electron chi connectivity index (χ1n) is 8.01. The van der Waals surface area contributed by atoms with Crippen molar-refractivity contribution in [2.45, 2.75) is 26.3 Å². The van der Waals surface area contributed by atoms with E-state index in [9.17, 15) is 9.18 Å². The lowest BCUT2D eigenvalue weighted by molar-refractivity contribution is -0.121. The Bertz CT molecular complexity index is 876. The van der Waals surface area contributed by atoms with Crippen LogP contribution in [0.1, 0.15) is 23.4 Å². The highest BCUT2D eigenvalue weighted by atomic mass is 19.1. The third-order valence-electron chi connectivity index (χ3n) is 3.85. The van der Waals surface area contributed by atoms with E-state index in [1.807, 2.05) is 31.2 Å². The summed E-state index contributed by atoms with van der Waals surface area (Å²) in [4.78, 5) is 16.2. The van der Waals surface area contributed by atoms with Gasteiger partial charge in [0.1, 0.15) is 5.82 Å². The van der Waals surface area contributed by atoms with Crippen molar-refractivity contribution in [2.24, 2.45) is 0 Å². The van der Waals surface area contributed by atoms with Crippen molar-refractivity contribution in [3.63, 3.8) is 0 Å². The molecule has 128 valence electrons. The molecule has 0 aliphatic carbocycles. The first-order valence-corrected chi connectivity index (χ1v) is 8.01. The zero-order chi connectivity index (χ0) is 17.6. The lowest BCUT2D eigenvalue weighted by atomic mass is 10.1. The minimum atomic E-state index is -0.362. The maximum Gasteiger partial charge on any atom is 0.227 e. The van der Waals surface area contributed by atoms with Crippen LogP contribution in [0.2, 0.25) is 0 Å². The lowest BCUT2D eigenvalue weighted by Crippen LogP contribution is -2.23. The lowest BCUT2D eigenvalue weighted by Gasteiger charge is -2.07. The molecule has 0 atom stereocenters. The normalized spacial score (nSPS) is 10.6. The van der Waals surface area contributed by atoms with E-state index in [0.717, 1.165) is 11.1 Å². The summed E-state index contributed by atoms with van der Waals surface area (Å²) in [6.45, 7) is 2.50. The predicted molar refractivity (Wildman–Crippen MR) is 91.0 cm³/mol. The molecule has 6 heteroatoms. The molecule has 1 N–H and O–H groups in total. The molecule has 1 aromatic heterocycles. The van der Waals surface area contributed by atoms with Crippen LogP contribution in [-0.2, 0) is 17.8 Å². The standard InChI is InChI=1S/C19H18FN3O2/c1-13-5-2-3-6-15(13)12-21-17(24)9-10-18-22-19(23-25-18)14-7-4-8-16(20)11-14/h2-8,11H,9-10,12H2,1H3,(H,21,24). The Morgan fingerprint density at radius 1 is 1.20 bits per heavy atom. The van der Waals surface area contributed by atoms with Gasteiger partial charge in [0, 0.05) is 24.9 Å². The van der Waals surface area contributed by atoms with Crippen LogP contribution in [0.5, 0.6) is 0 Å². The number of aromatic nitrogens is 2. The second-order valence-corrected chi connectivity index (χ2v) is 5.73. The van der Waals surface area contributed by atoms with Gasteiger partial charge in [0.2, 0.25) is 17.6 Å². The molecule has 1 amide bonds. The topological polar surface area (TPSA) is 68.0 Å². The van der Waals surface area contributed by atoms with E-state index in [1.165, 1.54) is 12.1 Å². The van der Waals surface area contributed by atoms with E-state index in [2.05, 4.69) is 15.5 Å². The number of nitrogens with one attached hydrogen (secondary N) is 1. The Kier molecular flexibility index (Phi) is 5.18. The van der Waals surface area contributed by atoms with Gasteiger partial charge in [-0.3, -0.25) is 4.79 Å². The van der Waals surface area contributed by atoms with Gasteiger partial charge < -0.3 is 9.84 Å². The fourth-order valence-electron chi connectivity index (χ4n) is 2.41. The third-order valence-corrected chi connectivity index (χ3v) is 3.85. The summed E-state index contributed by atoms with van der Waals surface area (Å²) in [6.07, 6.45) is 0.582. The Morgan fingerprint density at radius 2 is 2.04 bits per heavy atom. The van der Waals surface area contributed by atoms with Crippen molar-refractivity contribution in [2.75, 3.05) is 0 Å². The highest BCUT2D eigenvalue weighted by Gasteiger charge is 2.11. The monoisotopic (exact) mass is 339 g/mol. The fraction of sp³-hybridized carbons (Fsp3) is 0.211. The molecule has 0 bridgehead atoms. The van der Waals surface area contributed by atoms with Crippen molar-refractivity contribution in [1.29, 1.82) is 0 Å². The highest BCUT2D eigenvalue weighted by Crippen LogP contribution is 2.17. The number of aryl methyl sites for hydroxylation is 2. The number of halogens is 1. The fourth-order valence-corrected chi connectivity index (χ4v) is 2.41. The van der Waals surface area contributed by atoms with Gasteiger partial charge in [-0.2, -0.15) is 4.98 Å². The molecule has 0 aliphatic rings. The molecule has 0 aliphatic heterocycles. The molecule has 0 radical (unpaired) electrons. The summed E-state index contributed by atoms with van der Waals surface area (Å²) in [5.74, 6) is 0.216. The smallest absolute Gasteiger partial charge is 0.227 e. The van der Waals surface area contributed by atoms with E-state index < -0.39 is 0 Å². The molecule has 1 heterocycles. The number of carbonyl (C=O) groups is 1. The minimum Gasteiger partial charge on any atom is -0.352 e. The van der Waals surface area contributed by atoms with Crippen LogP contribution >= 0.6 is 0 Å². The number of amides is 1. The Balaban J connectivity index is 1.52. The second kappa shape index (κ2) is 7.70. The maximum atomic E-state index is 13.2. The van der Waals surface area contributed by atoms with Crippen molar-refractivity contribution >= 4 is 5.91 Å². The summed E-state index contributed by atoms with van der Waals surface area (Å²) in [7, 11) is 0. The van der Waals surface area contributed by atoms with Gasteiger partial charge in [-0.05, 0) is 30.2 Å². The van der Waals surface area contributed by atoms with E-state index in [-0.39, 0.29) is 18.1 Å². The van der Waals surface area contributed by atoms with Gasteiger partial charge in [-0.15, -0.1) is 0 Å². The second-order valence-electron chi connectivity index (χ2n) is 5.73. The van der Waals surface area contributed by atoms with Crippen LogP contribution in [0, 0.1) is 12.7 Å². The van der Waals surface area contributed by atoms with E-state index in [0.29, 0.717) is 30.2 Å². The summed E-state index contributed by atoms with van der Waals surface area (Å²) >= 11 is 0. The first kappa shape index (κ1) is 16.8. The predicted octanol–water partition coefficient (Wildman–Crippen LogP) is 3.43. The number of nitrogens with zero attached hydrogens (tertiary/aromatic N) is 2. The highest BCUT2D eigenvalue weighted by molar-refractivity contribution is 5.76. The van der Waals surface area contributed by atoms with E-state index >= 15 is 0 Å². The van der Waals surface area contributed by atoms with Crippen LogP contribution in [0.25, 0.3) is 11.4 Å². The van der Waals surface area contributed by atoms with Gasteiger partial charge in [-0.1, -0.05) is 41.6 Å². The van der Waals surface area contributed by atoms with Crippen molar-refractivity contribution < 1.29 is 13.7 Å². The van der Waals surface area contributed by atoms with Crippen molar-refractivity contribution in [3.05, 3.63) is 71.4 Å². The molecule has 0 unspecified atom stereocenters. The van der Waals surface area contributed by atoms with Crippen LogP contribution in [-0.4, -0.2) is 16.0 Å². The van der Waals surface area contributed by atoms with Crippen molar-refractivity contribution in [1.82, 2.24) is 15.5 Å². The molecule has 3 rings (SSSR count). The Labute approximate surface area is 144 Å². The average molecular weight is 339 g/mol. The molecular weight excluding hydrogens is 321 g/mol. The molecule has 0 fully saturated rings. The van der Waals surface area contributed by atoms with Crippen molar-refractivity contribution in [3.8, 4) is 11.4 Å². The first-order chi connectivity index (χ1) is 12.1. The molecule has 0 saturated heterocycles. The zero-order valence-corrected chi connectivity index (χ0v) is 13.8. The molecule has 25 heavy (non-hydrogen) atoms. The molecule has 0 saturated carbocycles.